The molecule has 1 aromatic heterocycles. The zero-order chi connectivity index (χ0) is 16.9. The number of anilines is 1. The number of halogens is 1. The van der Waals surface area contributed by atoms with Gasteiger partial charge in [0, 0.05) is 27.6 Å². The van der Waals surface area contributed by atoms with Gasteiger partial charge >= 0.3 is 0 Å². The Hall–Kier alpha value is -1.39. The lowest BCUT2D eigenvalue weighted by Gasteiger charge is -2.36. The first-order valence-corrected chi connectivity index (χ1v) is 9.75. The molecule has 3 unspecified atom stereocenters. The summed E-state index contributed by atoms with van der Waals surface area (Å²) in [4.78, 5) is 4.64. The topological polar surface area (TPSA) is 37.3 Å². The Morgan fingerprint density at radius 2 is 2.04 bits per heavy atom. The van der Waals surface area contributed by atoms with E-state index in [1.807, 2.05) is 24.3 Å². The Morgan fingerprint density at radius 1 is 1.29 bits per heavy atom. The first-order chi connectivity index (χ1) is 11.4. The fraction of sp³-hybridized carbons (Fsp3) is 0.474. The number of aromatic nitrogens is 1. The third-order valence-corrected chi connectivity index (χ3v) is 7.13. The van der Waals surface area contributed by atoms with Crippen LogP contribution >= 0.6 is 22.9 Å². The molecular weight excluding hydrogens is 338 g/mol. The predicted octanol–water partition coefficient (Wildman–Crippen LogP) is 5.93. The Morgan fingerprint density at radius 3 is 2.71 bits per heavy atom. The highest BCUT2D eigenvalue weighted by Gasteiger charge is 2.53. The summed E-state index contributed by atoms with van der Waals surface area (Å²) in [5.41, 5.74) is 6.92. The van der Waals surface area contributed by atoms with E-state index < -0.39 is 0 Å². The van der Waals surface area contributed by atoms with Crippen molar-refractivity contribution in [2.45, 2.75) is 33.6 Å². The average Bonchev–Trinajstić information content (AvgIpc) is 3.24. The summed E-state index contributed by atoms with van der Waals surface area (Å²) >= 11 is 7.53. The van der Waals surface area contributed by atoms with Crippen LogP contribution in [0.1, 0.15) is 33.6 Å². The number of hydrazone groups is 1. The number of nitrogens with one attached hydrogen (secondary N) is 1. The summed E-state index contributed by atoms with van der Waals surface area (Å²) in [6.45, 7) is 7.17. The van der Waals surface area contributed by atoms with E-state index in [2.05, 4.69) is 36.6 Å². The molecule has 3 atom stereocenters. The van der Waals surface area contributed by atoms with Crippen molar-refractivity contribution in [3.8, 4) is 11.3 Å². The molecule has 2 aromatic rings. The van der Waals surface area contributed by atoms with Gasteiger partial charge in [0.25, 0.3) is 0 Å². The van der Waals surface area contributed by atoms with Gasteiger partial charge in [-0.05, 0) is 42.2 Å². The third-order valence-electron chi connectivity index (χ3n) is 6.13. The molecule has 1 aromatic carbocycles. The first-order valence-electron chi connectivity index (χ1n) is 8.49. The molecule has 4 rings (SSSR count). The number of rotatable bonds is 3. The lowest BCUT2D eigenvalue weighted by atomic mass is 9.69. The van der Waals surface area contributed by atoms with Gasteiger partial charge in [-0.1, -0.05) is 44.5 Å². The van der Waals surface area contributed by atoms with E-state index in [0.29, 0.717) is 11.3 Å². The quantitative estimate of drug-likeness (QED) is 0.689. The van der Waals surface area contributed by atoms with Crippen molar-refractivity contribution in [2.75, 3.05) is 5.43 Å². The van der Waals surface area contributed by atoms with Crippen molar-refractivity contribution in [1.29, 1.82) is 0 Å². The molecule has 3 nitrogen and oxygen atoms in total. The molecular formula is C19H22ClN3S. The molecule has 0 radical (unpaired) electrons. The van der Waals surface area contributed by atoms with Crippen molar-refractivity contribution in [3.05, 3.63) is 34.7 Å². The van der Waals surface area contributed by atoms with Gasteiger partial charge in [0.1, 0.15) is 0 Å². The minimum absolute atomic E-state index is 0.362. The largest absolute Gasteiger partial charge is 0.253 e. The van der Waals surface area contributed by atoms with Crippen molar-refractivity contribution in [2.24, 2.45) is 28.3 Å². The molecule has 2 aliphatic carbocycles. The minimum atomic E-state index is 0.362. The van der Waals surface area contributed by atoms with Crippen LogP contribution in [-0.2, 0) is 0 Å². The summed E-state index contributed by atoms with van der Waals surface area (Å²) in [5.74, 6) is 2.20. The minimum Gasteiger partial charge on any atom is -0.253 e. The highest BCUT2D eigenvalue weighted by Crippen LogP contribution is 2.57. The summed E-state index contributed by atoms with van der Waals surface area (Å²) in [5, 5.41) is 8.37. The van der Waals surface area contributed by atoms with Crippen LogP contribution in [0.3, 0.4) is 0 Å². The van der Waals surface area contributed by atoms with Crippen molar-refractivity contribution < 1.29 is 0 Å². The van der Waals surface area contributed by atoms with Gasteiger partial charge in [-0.2, -0.15) is 5.10 Å². The van der Waals surface area contributed by atoms with E-state index in [9.17, 15) is 0 Å². The fourth-order valence-corrected chi connectivity index (χ4v) is 5.08. The van der Waals surface area contributed by atoms with Crippen LogP contribution in [0.25, 0.3) is 11.3 Å². The van der Waals surface area contributed by atoms with Gasteiger partial charge in [-0.3, -0.25) is 5.43 Å². The molecule has 1 N–H and O–H groups in total. The van der Waals surface area contributed by atoms with Gasteiger partial charge < -0.3 is 0 Å². The monoisotopic (exact) mass is 359 g/mol. The Labute approximate surface area is 152 Å². The number of thiazole rings is 1. The Bertz CT molecular complexity index is 778. The summed E-state index contributed by atoms with van der Waals surface area (Å²) in [7, 11) is 0. The SMILES string of the molecule is CC1C2C/C(=N/Nc3nc(-c4ccc(Cl)cc4)cs3)C(C2)C1(C)C. The molecule has 126 valence electrons. The maximum atomic E-state index is 5.94. The molecule has 24 heavy (non-hydrogen) atoms. The van der Waals surface area contributed by atoms with Crippen LogP contribution in [0, 0.1) is 23.2 Å². The predicted molar refractivity (Wildman–Crippen MR) is 103 cm³/mol. The maximum Gasteiger partial charge on any atom is 0.203 e. The van der Waals surface area contributed by atoms with Gasteiger partial charge in [0.2, 0.25) is 5.13 Å². The lowest BCUT2D eigenvalue weighted by molar-refractivity contribution is 0.199. The third kappa shape index (κ3) is 2.66. The van der Waals surface area contributed by atoms with Crippen LogP contribution in [-0.4, -0.2) is 10.7 Å². The van der Waals surface area contributed by atoms with Crippen molar-refractivity contribution in [1.82, 2.24) is 4.98 Å². The van der Waals surface area contributed by atoms with Crippen molar-refractivity contribution >= 4 is 33.8 Å². The van der Waals surface area contributed by atoms with Gasteiger partial charge in [-0.15, -0.1) is 11.3 Å². The lowest BCUT2D eigenvalue weighted by Crippen LogP contribution is -2.34. The second kappa shape index (κ2) is 5.85. The van der Waals surface area contributed by atoms with Crippen LogP contribution in [0.15, 0.2) is 34.7 Å². The smallest absolute Gasteiger partial charge is 0.203 e. The van der Waals surface area contributed by atoms with Gasteiger partial charge in [0.15, 0.2) is 0 Å². The molecule has 0 amide bonds. The Balaban J connectivity index is 1.49. The average molecular weight is 360 g/mol. The number of hydrogen-bond acceptors (Lipinski definition) is 4. The van der Waals surface area contributed by atoms with E-state index >= 15 is 0 Å². The molecule has 0 saturated heterocycles. The first kappa shape index (κ1) is 16.1. The zero-order valence-electron chi connectivity index (χ0n) is 14.2. The van der Waals surface area contributed by atoms with E-state index in [-0.39, 0.29) is 0 Å². The van der Waals surface area contributed by atoms with Crippen LogP contribution in [0.4, 0.5) is 5.13 Å². The summed E-state index contributed by atoms with van der Waals surface area (Å²) < 4.78 is 0. The van der Waals surface area contributed by atoms with Gasteiger partial charge in [0.05, 0.1) is 5.69 Å². The molecule has 1 heterocycles. The molecule has 2 bridgehead atoms. The van der Waals surface area contributed by atoms with Crippen molar-refractivity contribution in [3.63, 3.8) is 0 Å². The summed E-state index contributed by atoms with van der Waals surface area (Å²) in [6.07, 6.45) is 2.43. The highest BCUT2D eigenvalue weighted by atomic mass is 35.5. The number of nitrogens with zero attached hydrogens (tertiary/aromatic N) is 2. The second-order valence-corrected chi connectivity index (χ2v) is 8.92. The molecule has 2 aliphatic rings. The second-order valence-electron chi connectivity index (χ2n) is 7.62. The number of benzene rings is 1. The molecule has 2 saturated carbocycles. The number of fused-ring (bicyclic) bond motifs is 2. The molecule has 0 aliphatic heterocycles. The fourth-order valence-electron chi connectivity index (χ4n) is 4.29. The van der Waals surface area contributed by atoms with Crippen LogP contribution < -0.4 is 5.43 Å². The van der Waals surface area contributed by atoms with E-state index in [4.69, 9.17) is 16.7 Å². The molecule has 2 fully saturated rings. The van der Waals surface area contributed by atoms with Crippen LogP contribution in [0.2, 0.25) is 5.02 Å². The van der Waals surface area contributed by atoms with E-state index in [1.165, 1.54) is 12.1 Å². The van der Waals surface area contributed by atoms with E-state index in [0.717, 1.165) is 39.7 Å². The standard InChI is InChI=1S/C19H22ClN3S/c1-11-13-8-15(19(11,2)3)16(9-13)22-23-18-21-17(10-24-18)12-4-6-14(20)7-5-12/h4-7,10-11,13,15H,8-9H2,1-3H3,(H,21,23)/b22-16-. The number of hydrogen-bond donors (Lipinski definition) is 1. The van der Waals surface area contributed by atoms with Crippen LogP contribution in [0.5, 0.6) is 0 Å². The zero-order valence-corrected chi connectivity index (χ0v) is 15.8. The maximum absolute atomic E-state index is 5.94. The Kier molecular flexibility index (Phi) is 3.92. The van der Waals surface area contributed by atoms with Gasteiger partial charge in [-0.25, -0.2) is 4.98 Å². The molecule has 5 heteroatoms. The summed E-state index contributed by atoms with van der Waals surface area (Å²) in [6, 6.07) is 7.77. The molecule has 0 spiro atoms. The van der Waals surface area contributed by atoms with E-state index in [1.54, 1.807) is 11.3 Å². The highest BCUT2D eigenvalue weighted by molar-refractivity contribution is 7.14. The normalized spacial score (nSPS) is 29.3.